The van der Waals surface area contributed by atoms with E-state index in [2.05, 4.69) is 57.0 Å². The standard InChI is InChI=1S/C18H29ClN2/c1-13(2)12-21(16-8-9-16)17-10-15(19)7-6-14(17)11-20-18(3,4)5/h6-7,10,13,16,20H,8-9,11-12H2,1-5H3. The van der Waals surface area contributed by atoms with E-state index in [4.69, 9.17) is 11.6 Å². The highest BCUT2D eigenvalue weighted by Gasteiger charge is 2.31. The van der Waals surface area contributed by atoms with E-state index in [0.29, 0.717) is 12.0 Å². The molecule has 1 saturated carbocycles. The fourth-order valence-corrected chi connectivity index (χ4v) is 2.70. The molecule has 1 aliphatic rings. The summed E-state index contributed by atoms with van der Waals surface area (Å²) >= 11 is 6.27. The van der Waals surface area contributed by atoms with Crippen molar-refractivity contribution in [1.82, 2.24) is 5.32 Å². The van der Waals surface area contributed by atoms with Gasteiger partial charge in [-0.3, -0.25) is 0 Å². The second-order valence-corrected chi connectivity index (χ2v) is 8.09. The van der Waals surface area contributed by atoms with E-state index in [0.717, 1.165) is 18.1 Å². The number of halogens is 1. The van der Waals surface area contributed by atoms with E-state index >= 15 is 0 Å². The van der Waals surface area contributed by atoms with Crippen molar-refractivity contribution in [3.63, 3.8) is 0 Å². The largest absolute Gasteiger partial charge is 0.368 e. The Labute approximate surface area is 134 Å². The van der Waals surface area contributed by atoms with Crippen LogP contribution in [0.5, 0.6) is 0 Å². The second kappa shape index (κ2) is 6.58. The van der Waals surface area contributed by atoms with Gasteiger partial charge >= 0.3 is 0 Å². The van der Waals surface area contributed by atoms with Crippen LogP contribution in [0.15, 0.2) is 18.2 Å². The van der Waals surface area contributed by atoms with Crippen LogP contribution >= 0.6 is 11.6 Å². The van der Waals surface area contributed by atoms with Gasteiger partial charge in [0.05, 0.1) is 0 Å². The molecule has 0 atom stereocenters. The maximum absolute atomic E-state index is 6.27. The van der Waals surface area contributed by atoms with Crippen molar-refractivity contribution in [2.75, 3.05) is 11.4 Å². The molecule has 2 nitrogen and oxygen atoms in total. The molecule has 0 bridgehead atoms. The van der Waals surface area contributed by atoms with Crippen LogP contribution in [-0.2, 0) is 6.54 Å². The molecule has 1 aliphatic carbocycles. The zero-order chi connectivity index (χ0) is 15.6. The number of nitrogens with one attached hydrogen (secondary N) is 1. The average molecular weight is 309 g/mol. The Bertz CT molecular complexity index is 473. The van der Waals surface area contributed by atoms with Crippen molar-refractivity contribution >= 4 is 17.3 Å². The van der Waals surface area contributed by atoms with Gasteiger partial charge in [0.25, 0.3) is 0 Å². The zero-order valence-corrected chi connectivity index (χ0v) is 14.8. The van der Waals surface area contributed by atoms with E-state index in [-0.39, 0.29) is 5.54 Å². The first-order valence-corrected chi connectivity index (χ1v) is 8.44. The van der Waals surface area contributed by atoms with Crippen LogP contribution in [0.1, 0.15) is 53.0 Å². The number of anilines is 1. The predicted octanol–water partition coefficient (Wildman–Crippen LogP) is 4.85. The summed E-state index contributed by atoms with van der Waals surface area (Å²) in [5.41, 5.74) is 2.79. The van der Waals surface area contributed by atoms with E-state index < -0.39 is 0 Å². The van der Waals surface area contributed by atoms with Gasteiger partial charge in [-0.2, -0.15) is 0 Å². The molecule has 1 N–H and O–H groups in total. The molecule has 2 rings (SSSR count). The van der Waals surface area contributed by atoms with Crippen LogP contribution in [-0.4, -0.2) is 18.1 Å². The molecule has 0 heterocycles. The third kappa shape index (κ3) is 5.19. The maximum atomic E-state index is 6.27. The summed E-state index contributed by atoms with van der Waals surface area (Å²) < 4.78 is 0. The summed E-state index contributed by atoms with van der Waals surface area (Å²) in [6.45, 7) is 13.2. The average Bonchev–Trinajstić information content (AvgIpc) is 3.17. The summed E-state index contributed by atoms with van der Waals surface area (Å²) in [7, 11) is 0. The Hall–Kier alpha value is -0.730. The molecular formula is C18H29ClN2. The summed E-state index contributed by atoms with van der Waals surface area (Å²) in [6, 6.07) is 7.03. The molecule has 118 valence electrons. The van der Waals surface area contributed by atoms with Crippen molar-refractivity contribution < 1.29 is 0 Å². The molecule has 0 amide bonds. The van der Waals surface area contributed by atoms with Crippen LogP contribution < -0.4 is 10.2 Å². The smallest absolute Gasteiger partial charge is 0.0429 e. The minimum atomic E-state index is 0.124. The van der Waals surface area contributed by atoms with Gasteiger partial charge in [0, 0.05) is 35.4 Å². The van der Waals surface area contributed by atoms with E-state index in [9.17, 15) is 0 Å². The molecule has 0 radical (unpaired) electrons. The van der Waals surface area contributed by atoms with Crippen LogP contribution in [0, 0.1) is 5.92 Å². The molecule has 0 aliphatic heterocycles. The molecule has 3 heteroatoms. The lowest BCUT2D eigenvalue weighted by atomic mass is 10.1. The summed E-state index contributed by atoms with van der Waals surface area (Å²) in [6.07, 6.45) is 2.62. The summed E-state index contributed by atoms with van der Waals surface area (Å²) in [4.78, 5) is 2.57. The van der Waals surface area contributed by atoms with Gasteiger partial charge in [-0.05, 0) is 57.2 Å². The highest BCUT2D eigenvalue weighted by atomic mass is 35.5. The Kier molecular flexibility index (Phi) is 5.21. The molecule has 0 spiro atoms. The van der Waals surface area contributed by atoms with Gasteiger partial charge < -0.3 is 10.2 Å². The van der Waals surface area contributed by atoms with Crippen LogP contribution in [0.2, 0.25) is 5.02 Å². The lowest BCUT2D eigenvalue weighted by molar-refractivity contribution is 0.424. The molecule has 1 fully saturated rings. The third-order valence-corrected chi connectivity index (χ3v) is 3.95. The highest BCUT2D eigenvalue weighted by molar-refractivity contribution is 6.30. The van der Waals surface area contributed by atoms with Crippen molar-refractivity contribution in [2.24, 2.45) is 5.92 Å². The molecule has 0 saturated heterocycles. The van der Waals surface area contributed by atoms with Gasteiger partial charge in [0.1, 0.15) is 0 Å². The SMILES string of the molecule is CC(C)CN(c1cc(Cl)ccc1CNC(C)(C)C)C1CC1. The third-order valence-electron chi connectivity index (χ3n) is 3.72. The first kappa shape index (κ1) is 16.6. The normalized spacial score (nSPS) is 15.6. The zero-order valence-electron chi connectivity index (χ0n) is 14.0. The van der Waals surface area contributed by atoms with E-state index in [1.165, 1.54) is 24.1 Å². The Balaban J connectivity index is 2.24. The Morgan fingerprint density at radius 2 is 1.95 bits per heavy atom. The predicted molar refractivity (Wildman–Crippen MR) is 93.3 cm³/mol. The van der Waals surface area contributed by atoms with Gasteiger partial charge in [0.15, 0.2) is 0 Å². The van der Waals surface area contributed by atoms with Gasteiger partial charge in [-0.15, -0.1) is 0 Å². The number of hydrogen-bond donors (Lipinski definition) is 1. The first-order valence-electron chi connectivity index (χ1n) is 8.06. The van der Waals surface area contributed by atoms with E-state index in [1.807, 2.05) is 6.07 Å². The van der Waals surface area contributed by atoms with Crippen LogP contribution in [0.4, 0.5) is 5.69 Å². The summed E-state index contributed by atoms with van der Waals surface area (Å²) in [5, 5.41) is 4.43. The van der Waals surface area contributed by atoms with Gasteiger partial charge in [0.2, 0.25) is 0 Å². The number of benzene rings is 1. The second-order valence-electron chi connectivity index (χ2n) is 7.65. The monoisotopic (exact) mass is 308 g/mol. The molecule has 0 unspecified atom stereocenters. The van der Waals surface area contributed by atoms with Crippen LogP contribution in [0.25, 0.3) is 0 Å². The molecule has 1 aromatic rings. The van der Waals surface area contributed by atoms with E-state index in [1.54, 1.807) is 0 Å². The topological polar surface area (TPSA) is 15.3 Å². The fraction of sp³-hybridized carbons (Fsp3) is 0.667. The molecule has 21 heavy (non-hydrogen) atoms. The number of rotatable bonds is 6. The lowest BCUT2D eigenvalue weighted by Crippen LogP contribution is -2.36. The number of hydrogen-bond acceptors (Lipinski definition) is 2. The lowest BCUT2D eigenvalue weighted by Gasteiger charge is -2.30. The minimum Gasteiger partial charge on any atom is -0.368 e. The highest BCUT2D eigenvalue weighted by Crippen LogP contribution is 2.35. The van der Waals surface area contributed by atoms with Crippen molar-refractivity contribution in [3.05, 3.63) is 28.8 Å². The molecule has 1 aromatic carbocycles. The molecular weight excluding hydrogens is 280 g/mol. The van der Waals surface area contributed by atoms with Gasteiger partial charge in [-0.25, -0.2) is 0 Å². The van der Waals surface area contributed by atoms with Crippen molar-refractivity contribution in [2.45, 2.75) is 65.6 Å². The molecule has 0 aromatic heterocycles. The Morgan fingerprint density at radius 1 is 1.29 bits per heavy atom. The maximum Gasteiger partial charge on any atom is 0.0429 e. The fourth-order valence-electron chi connectivity index (χ4n) is 2.54. The Morgan fingerprint density at radius 3 is 2.48 bits per heavy atom. The first-order chi connectivity index (χ1) is 9.76. The quantitative estimate of drug-likeness (QED) is 0.808. The van der Waals surface area contributed by atoms with Crippen LogP contribution in [0.3, 0.4) is 0 Å². The number of nitrogens with zero attached hydrogens (tertiary/aromatic N) is 1. The van der Waals surface area contributed by atoms with Crippen molar-refractivity contribution in [3.8, 4) is 0 Å². The van der Waals surface area contributed by atoms with Crippen molar-refractivity contribution in [1.29, 1.82) is 0 Å². The minimum absolute atomic E-state index is 0.124. The van der Waals surface area contributed by atoms with Gasteiger partial charge in [-0.1, -0.05) is 31.5 Å². The summed E-state index contributed by atoms with van der Waals surface area (Å²) in [5.74, 6) is 0.660.